The summed E-state index contributed by atoms with van der Waals surface area (Å²) in [5, 5.41) is 22.3. The maximum absolute atomic E-state index is 9.47. The molecule has 3 nitrogen and oxygen atoms in total. The van der Waals surface area contributed by atoms with Crippen LogP contribution in [0.25, 0.3) is 0 Å². The van der Waals surface area contributed by atoms with Gasteiger partial charge < -0.3 is 15.5 Å². The zero-order chi connectivity index (χ0) is 13.8. The number of hydrogen-bond donors (Lipinski definition) is 3. The second-order valence-electron chi connectivity index (χ2n) is 4.51. The second-order valence-corrected chi connectivity index (χ2v) is 5.43. The Morgan fingerprint density at radius 2 is 1.63 bits per heavy atom. The summed E-state index contributed by atoms with van der Waals surface area (Å²) >= 11 is 3.40. The van der Waals surface area contributed by atoms with Crippen LogP contribution in [0.15, 0.2) is 46.9 Å². The molecule has 0 aliphatic carbocycles. The third-order valence-corrected chi connectivity index (χ3v) is 3.48. The van der Waals surface area contributed by atoms with Gasteiger partial charge in [0.25, 0.3) is 0 Å². The standard InChI is InChI=1S/C15H16BrNO2/c1-10(12-6-14(18)8-15(19)7-12)17-9-11-2-4-13(16)5-3-11/h2-8,10,17-19H,9H2,1H3. The Morgan fingerprint density at radius 3 is 2.21 bits per heavy atom. The number of hydrogen-bond acceptors (Lipinski definition) is 3. The van der Waals surface area contributed by atoms with E-state index in [9.17, 15) is 10.2 Å². The lowest BCUT2D eigenvalue weighted by Gasteiger charge is -2.15. The number of nitrogens with one attached hydrogen (secondary N) is 1. The molecule has 0 amide bonds. The highest BCUT2D eigenvalue weighted by molar-refractivity contribution is 9.10. The smallest absolute Gasteiger partial charge is 0.119 e. The quantitative estimate of drug-likeness (QED) is 0.804. The van der Waals surface area contributed by atoms with E-state index in [-0.39, 0.29) is 17.5 Å². The first-order chi connectivity index (χ1) is 9.04. The van der Waals surface area contributed by atoms with E-state index in [1.807, 2.05) is 31.2 Å². The molecule has 2 aromatic rings. The van der Waals surface area contributed by atoms with Crippen molar-refractivity contribution in [3.05, 3.63) is 58.1 Å². The van der Waals surface area contributed by atoms with Gasteiger partial charge in [-0.2, -0.15) is 0 Å². The largest absolute Gasteiger partial charge is 0.508 e. The van der Waals surface area contributed by atoms with Crippen molar-refractivity contribution in [1.82, 2.24) is 5.32 Å². The summed E-state index contributed by atoms with van der Waals surface area (Å²) in [6.45, 7) is 2.72. The van der Waals surface area contributed by atoms with Gasteiger partial charge in [-0.3, -0.25) is 0 Å². The SMILES string of the molecule is CC(NCc1ccc(Br)cc1)c1cc(O)cc(O)c1. The van der Waals surface area contributed by atoms with E-state index in [4.69, 9.17) is 0 Å². The maximum atomic E-state index is 9.47. The van der Waals surface area contributed by atoms with Gasteiger partial charge in [-0.05, 0) is 42.3 Å². The number of aromatic hydroxyl groups is 2. The minimum atomic E-state index is 0.0432. The van der Waals surface area contributed by atoms with Crippen molar-refractivity contribution in [1.29, 1.82) is 0 Å². The van der Waals surface area contributed by atoms with Crippen LogP contribution in [0.5, 0.6) is 11.5 Å². The summed E-state index contributed by atoms with van der Waals surface area (Å²) in [6.07, 6.45) is 0. The normalized spacial score (nSPS) is 12.3. The van der Waals surface area contributed by atoms with Crippen molar-refractivity contribution in [2.24, 2.45) is 0 Å². The highest BCUT2D eigenvalue weighted by atomic mass is 79.9. The van der Waals surface area contributed by atoms with E-state index in [2.05, 4.69) is 21.2 Å². The van der Waals surface area contributed by atoms with Crippen molar-refractivity contribution in [2.75, 3.05) is 0 Å². The van der Waals surface area contributed by atoms with Crippen LogP contribution < -0.4 is 5.32 Å². The molecule has 2 rings (SSSR count). The minimum Gasteiger partial charge on any atom is -0.508 e. The zero-order valence-electron chi connectivity index (χ0n) is 10.6. The van der Waals surface area contributed by atoms with E-state index < -0.39 is 0 Å². The second kappa shape index (κ2) is 6.08. The third kappa shape index (κ3) is 3.98. The average molecular weight is 322 g/mol. The molecule has 19 heavy (non-hydrogen) atoms. The van der Waals surface area contributed by atoms with Gasteiger partial charge in [0, 0.05) is 23.1 Å². The number of rotatable bonds is 4. The minimum absolute atomic E-state index is 0.0432. The van der Waals surface area contributed by atoms with Crippen LogP contribution in [0.3, 0.4) is 0 Å². The summed E-state index contributed by atoms with van der Waals surface area (Å²) in [5.41, 5.74) is 2.04. The van der Waals surface area contributed by atoms with Crippen molar-refractivity contribution in [3.63, 3.8) is 0 Å². The predicted octanol–water partition coefficient (Wildman–Crippen LogP) is 3.71. The van der Waals surface area contributed by atoms with Crippen molar-refractivity contribution >= 4 is 15.9 Å². The van der Waals surface area contributed by atoms with Gasteiger partial charge in [0.1, 0.15) is 11.5 Å². The molecular weight excluding hydrogens is 306 g/mol. The molecule has 100 valence electrons. The number of halogens is 1. The van der Waals surface area contributed by atoms with Crippen LogP contribution in [-0.2, 0) is 6.54 Å². The monoisotopic (exact) mass is 321 g/mol. The van der Waals surface area contributed by atoms with Gasteiger partial charge >= 0.3 is 0 Å². The molecule has 1 atom stereocenters. The van der Waals surface area contributed by atoms with E-state index >= 15 is 0 Å². The topological polar surface area (TPSA) is 52.5 Å². The molecule has 0 aliphatic heterocycles. The Balaban J connectivity index is 2.00. The number of phenols is 2. The molecular formula is C15H16BrNO2. The molecule has 2 aromatic carbocycles. The van der Waals surface area contributed by atoms with Crippen LogP contribution in [0, 0.1) is 0 Å². The summed E-state index contributed by atoms with van der Waals surface area (Å²) < 4.78 is 1.06. The van der Waals surface area contributed by atoms with E-state index in [0.717, 1.165) is 16.6 Å². The fourth-order valence-corrected chi connectivity index (χ4v) is 2.12. The molecule has 0 heterocycles. The molecule has 1 unspecified atom stereocenters. The van der Waals surface area contributed by atoms with Crippen LogP contribution in [0.1, 0.15) is 24.1 Å². The fraction of sp³-hybridized carbons (Fsp3) is 0.200. The molecule has 4 heteroatoms. The van der Waals surface area contributed by atoms with Gasteiger partial charge in [-0.25, -0.2) is 0 Å². The Labute approximate surface area is 121 Å². The Hall–Kier alpha value is -1.52. The highest BCUT2D eigenvalue weighted by Crippen LogP contribution is 2.24. The van der Waals surface area contributed by atoms with E-state index in [0.29, 0.717) is 0 Å². The van der Waals surface area contributed by atoms with E-state index in [1.165, 1.54) is 11.6 Å². The maximum Gasteiger partial charge on any atom is 0.119 e. The number of phenolic OH excluding ortho intramolecular Hbond substituents is 2. The summed E-state index contributed by atoms with van der Waals surface area (Å²) in [6, 6.07) is 12.8. The average Bonchev–Trinajstić information content (AvgIpc) is 2.36. The van der Waals surface area contributed by atoms with Crippen LogP contribution in [0.4, 0.5) is 0 Å². The summed E-state index contributed by atoms with van der Waals surface area (Å²) in [7, 11) is 0. The van der Waals surface area contributed by atoms with Crippen molar-refractivity contribution in [2.45, 2.75) is 19.5 Å². The third-order valence-electron chi connectivity index (χ3n) is 2.95. The van der Waals surface area contributed by atoms with Gasteiger partial charge in [0.15, 0.2) is 0 Å². The molecule has 0 bridgehead atoms. The number of benzene rings is 2. The summed E-state index contributed by atoms with van der Waals surface area (Å²) in [4.78, 5) is 0. The molecule has 0 saturated heterocycles. The first-order valence-electron chi connectivity index (χ1n) is 6.05. The van der Waals surface area contributed by atoms with Crippen molar-refractivity contribution in [3.8, 4) is 11.5 Å². The molecule has 3 N–H and O–H groups in total. The Kier molecular flexibility index (Phi) is 4.45. The van der Waals surface area contributed by atoms with Crippen LogP contribution in [0.2, 0.25) is 0 Å². The van der Waals surface area contributed by atoms with Gasteiger partial charge in [0.2, 0.25) is 0 Å². The van der Waals surface area contributed by atoms with E-state index in [1.54, 1.807) is 12.1 Å². The van der Waals surface area contributed by atoms with Crippen LogP contribution >= 0.6 is 15.9 Å². The zero-order valence-corrected chi connectivity index (χ0v) is 12.2. The van der Waals surface area contributed by atoms with Crippen LogP contribution in [-0.4, -0.2) is 10.2 Å². The Bertz CT molecular complexity index is 534. The van der Waals surface area contributed by atoms with Gasteiger partial charge in [-0.15, -0.1) is 0 Å². The fourth-order valence-electron chi connectivity index (χ4n) is 1.86. The lowest BCUT2D eigenvalue weighted by molar-refractivity contribution is 0.446. The lowest BCUT2D eigenvalue weighted by atomic mass is 10.1. The first kappa shape index (κ1) is 13.9. The molecule has 0 radical (unpaired) electrons. The first-order valence-corrected chi connectivity index (χ1v) is 6.84. The van der Waals surface area contributed by atoms with Gasteiger partial charge in [0.05, 0.1) is 0 Å². The van der Waals surface area contributed by atoms with Gasteiger partial charge in [-0.1, -0.05) is 28.1 Å². The Morgan fingerprint density at radius 1 is 1.05 bits per heavy atom. The lowest BCUT2D eigenvalue weighted by Crippen LogP contribution is -2.17. The molecule has 0 fully saturated rings. The predicted molar refractivity (Wildman–Crippen MR) is 79.2 cm³/mol. The van der Waals surface area contributed by atoms with Crippen molar-refractivity contribution < 1.29 is 10.2 Å². The molecule has 0 aliphatic rings. The molecule has 0 spiro atoms. The summed E-state index contributed by atoms with van der Waals surface area (Å²) in [5.74, 6) is 0.152. The highest BCUT2D eigenvalue weighted by Gasteiger charge is 2.07. The molecule has 0 saturated carbocycles. The molecule has 0 aromatic heterocycles.